The monoisotopic (exact) mass is 488 g/mol. The molecule has 1 atom stereocenters. The van der Waals surface area contributed by atoms with Crippen LogP contribution in [0.1, 0.15) is 35.9 Å². The molecule has 2 aliphatic rings. The third-order valence-corrected chi connectivity index (χ3v) is 6.49. The van der Waals surface area contributed by atoms with Crippen molar-refractivity contribution in [3.63, 3.8) is 0 Å². The van der Waals surface area contributed by atoms with Gasteiger partial charge in [0.05, 0.1) is 18.2 Å². The van der Waals surface area contributed by atoms with Gasteiger partial charge in [-0.05, 0) is 36.8 Å². The number of thiophene rings is 1. The van der Waals surface area contributed by atoms with Crippen molar-refractivity contribution < 1.29 is 32.6 Å². The van der Waals surface area contributed by atoms with E-state index in [4.69, 9.17) is 14.6 Å². The Morgan fingerprint density at radius 1 is 1.27 bits per heavy atom. The van der Waals surface area contributed by atoms with E-state index < -0.39 is 12.1 Å². The highest BCUT2D eigenvalue weighted by Crippen LogP contribution is 2.27. The highest BCUT2D eigenvalue weighted by molar-refractivity contribution is 7.09. The average Bonchev–Trinajstić information content (AvgIpc) is 3.46. The summed E-state index contributed by atoms with van der Waals surface area (Å²) in [6.45, 7) is 4.18. The molecule has 2 aromatic rings. The Kier molecular flexibility index (Phi) is 8.87. The molecule has 1 unspecified atom stereocenters. The zero-order valence-electron chi connectivity index (χ0n) is 18.0. The van der Waals surface area contributed by atoms with Crippen LogP contribution in [0.4, 0.5) is 13.2 Å². The molecule has 0 radical (unpaired) electrons. The van der Waals surface area contributed by atoms with Gasteiger partial charge in [-0.2, -0.15) is 18.3 Å². The lowest BCUT2D eigenvalue weighted by Gasteiger charge is -2.40. The van der Waals surface area contributed by atoms with Crippen LogP contribution in [-0.2, 0) is 27.3 Å². The number of nitrogens with one attached hydrogen (secondary N) is 1. The molecule has 2 aliphatic heterocycles. The number of alkyl halides is 3. The van der Waals surface area contributed by atoms with E-state index in [2.05, 4.69) is 37.5 Å². The predicted octanol–water partition coefficient (Wildman–Crippen LogP) is 2.86. The molecule has 4 rings (SSSR count). The fourth-order valence-corrected chi connectivity index (χ4v) is 4.67. The molecule has 0 aliphatic carbocycles. The van der Waals surface area contributed by atoms with Crippen LogP contribution in [0.5, 0.6) is 0 Å². The van der Waals surface area contributed by atoms with E-state index in [1.165, 1.54) is 10.6 Å². The van der Waals surface area contributed by atoms with E-state index in [1.54, 1.807) is 11.3 Å². The maximum Gasteiger partial charge on any atom is 0.490 e. The molecule has 4 heterocycles. The third kappa shape index (κ3) is 7.54. The topological polar surface area (TPSA) is 96.7 Å². The van der Waals surface area contributed by atoms with Gasteiger partial charge in [-0.25, -0.2) is 4.79 Å². The number of nitrogens with zero attached hydrogens (tertiary/aromatic N) is 3. The van der Waals surface area contributed by atoms with Crippen molar-refractivity contribution in [2.75, 3.05) is 26.3 Å². The number of fused-ring (bicyclic) bond motifs is 1. The largest absolute Gasteiger partial charge is 0.490 e. The molecule has 1 amide bonds. The smallest absolute Gasteiger partial charge is 0.475 e. The second kappa shape index (κ2) is 11.6. The summed E-state index contributed by atoms with van der Waals surface area (Å²) in [6, 6.07) is 6.90. The maximum absolute atomic E-state index is 12.5. The third-order valence-electron chi connectivity index (χ3n) is 5.55. The minimum atomic E-state index is -5.08. The van der Waals surface area contributed by atoms with Gasteiger partial charge in [0.1, 0.15) is 0 Å². The lowest BCUT2D eigenvalue weighted by Crippen LogP contribution is -2.46. The van der Waals surface area contributed by atoms with Gasteiger partial charge in [0, 0.05) is 50.0 Å². The van der Waals surface area contributed by atoms with Crippen molar-refractivity contribution in [1.82, 2.24) is 20.0 Å². The minimum absolute atomic E-state index is 0.110. The van der Waals surface area contributed by atoms with Gasteiger partial charge < -0.3 is 15.2 Å². The molecule has 8 nitrogen and oxygen atoms in total. The minimum Gasteiger partial charge on any atom is -0.475 e. The molecule has 0 bridgehead atoms. The van der Waals surface area contributed by atoms with Crippen LogP contribution in [0.25, 0.3) is 0 Å². The van der Waals surface area contributed by atoms with Crippen molar-refractivity contribution >= 4 is 23.2 Å². The molecular formula is C21H27F3N4O4S. The van der Waals surface area contributed by atoms with Crippen LogP contribution in [0, 0.1) is 0 Å². The van der Waals surface area contributed by atoms with Crippen molar-refractivity contribution in [3.8, 4) is 0 Å². The summed E-state index contributed by atoms with van der Waals surface area (Å²) >= 11 is 1.74. The molecule has 12 heteroatoms. The Morgan fingerprint density at radius 2 is 2.00 bits per heavy atom. The summed E-state index contributed by atoms with van der Waals surface area (Å²) in [7, 11) is 0. The summed E-state index contributed by atoms with van der Waals surface area (Å²) in [5.74, 6) is -2.64. The molecular weight excluding hydrogens is 461 g/mol. The Bertz CT molecular complexity index is 898. The number of ether oxygens (including phenoxy) is 1. The first-order valence-corrected chi connectivity index (χ1v) is 11.6. The number of carbonyl (C=O) groups excluding carboxylic acids is 1. The average molecular weight is 489 g/mol. The van der Waals surface area contributed by atoms with Crippen molar-refractivity contribution in [1.29, 1.82) is 0 Å². The Morgan fingerprint density at radius 3 is 2.64 bits per heavy atom. The molecule has 1 saturated heterocycles. The van der Waals surface area contributed by atoms with Crippen LogP contribution in [-0.4, -0.2) is 70.2 Å². The van der Waals surface area contributed by atoms with Crippen molar-refractivity contribution in [2.45, 2.75) is 50.5 Å². The number of hydrogen-bond donors (Lipinski definition) is 2. The zero-order chi connectivity index (χ0) is 23.8. The van der Waals surface area contributed by atoms with Gasteiger partial charge in [0.15, 0.2) is 0 Å². The van der Waals surface area contributed by atoms with Gasteiger partial charge in [-0.1, -0.05) is 6.07 Å². The molecule has 33 heavy (non-hydrogen) atoms. The number of halogens is 3. The zero-order valence-corrected chi connectivity index (χ0v) is 18.8. The molecule has 2 N–H and O–H groups in total. The number of carboxylic acids is 1. The quantitative estimate of drug-likeness (QED) is 0.649. The summed E-state index contributed by atoms with van der Waals surface area (Å²) in [4.78, 5) is 25.2. The molecule has 1 fully saturated rings. The Balaban J connectivity index is 0.000000383. The predicted molar refractivity (Wildman–Crippen MR) is 115 cm³/mol. The normalized spacial score (nSPS) is 19.3. The molecule has 0 spiro atoms. The SMILES string of the molecule is O=C(CC1CN(C2CCOCC2)Cc2ccnn21)NCCc1cccs1.O=C(O)C(F)(F)F. The molecule has 0 aromatic carbocycles. The highest BCUT2D eigenvalue weighted by Gasteiger charge is 2.38. The standard InChI is InChI=1S/C19H26N4O2S.C2HF3O2/c24-19(20-7-4-18-2-1-11-26-18)12-17-14-22(15-5-9-25-10-6-15)13-16-3-8-21-23(16)17;3-2(4,5)1(6)7/h1-3,8,11,15,17H,4-7,9-10,12-14H2,(H,20,24);(H,6,7). The Labute approximate surface area is 193 Å². The van der Waals surface area contributed by atoms with Crippen LogP contribution < -0.4 is 5.32 Å². The van der Waals surface area contributed by atoms with E-state index in [-0.39, 0.29) is 11.9 Å². The number of aromatic nitrogens is 2. The summed E-state index contributed by atoms with van der Waals surface area (Å²) in [5.41, 5.74) is 1.21. The van der Waals surface area contributed by atoms with Crippen LogP contribution in [0.2, 0.25) is 0 Å². The van der Waals surface area contributed by atoms with E-state index in [1.807, 2.05) is 12.3 Å². The number of carbonyl (C=O) groups is 2. The number of aliphatic carboxylic acids is 1. The number of hydrogen-bond acceptors (Lipinski definition) is 6. The van der Waals surface area contributed by atoms with E-state index >= 15 is 0 Å². The summed E-state index contributed by atoms with van der Waals surface area (Å²) in [6.07, 6.45) is 0.306. The first-order chi connectivity index (χ1) is 15.7. The van der Waals surface area contributed by atoms with E-state index in [9.17, 15) is 18.0 Å². The van der Waals surface area contributed by atoms with E-state index in [0.717, 1.165) is 45.6 Å². The van der Waals surface area contributed by atoms with Gasteiger partial charge in [0.25, 0.3) is 0 Å². The van der Waals surface area contributed by atoms with Crippen molar-refractivity contribution in [3.05, 3.63) is 40.3 Å². The number of carboxylic acid groups (broad SMARTS) is 1. The fourth-order valence-electron chi connectivity index (χ4n) is 3.96. The lowest BCUT2D eigenvalue weighted by atomic mass is 10.0. The van der Waals surface area contributed by atoms with Crippen LogP contribution >= 0.6 is 11.3 Å². The van der Waals surface area contributed by atoms with Gasteiger partial charge in [-0.15, -0.1) is 11.3 Å². The van der Waals surface area contributed by atoms with Gasteiger partial charge in [0.2, 0.25) is 5.91 Å². The molecule has 182 valence electrons. The first-order valence-electron chi connectivity index (χ1n) is 10.7. The van der Waals surface area contributed by atoms with Crippen LogP contribution in [0.3, 0.4) is 0 Å². The van der Waals surface area contributed by atoms with E-state index in [0.29, 0.717) is 19.0 Å². The summed E-state index contributed by atoms with van der Waals surface area (Å²) in [5, 5.41) is 16.8. The first kappa shape index (κ1) is 25.2. The van der Waals surface area contributed by atoms with Gasteiger partial charge in [-0.3, -0.25) is 14.4 Å². The second-order valence-electron chi connectivity index (χ2n) is 7.88. The maximum atomic E-state index is 12.5. The van der Waals surface area contributed by atoms with Crippen LogP contribution in [0.15, 0.2) is 29.8 Å². The second-order valence-corrected chi connectivity index (χ2v) is 8.91. The molecule has 2 aromatic heterocycles. The Hall–Kier alpha value is -2.44. The molecule has 0 saturated carbocycles. The van der Waals surface area contributed by atoms with Crippen molar-refractivity contribution in [2.24, 2.45) is 0 Å². The lowest BCUT2D eigenvalue weighted by molar-refractivity contribution is -0.192. The number of amides is 1. The van der Waals surface area contributed by atoms with Gasteiger partial charge >= 0.3 is 12.1 Å². The number of rotatable bonds is 6. The fraction of sp³-hybridized carbons (Fsp3) is 0.571. The highest BCUT2D eigenvalue weighted by atomic mass is 32.1. The summed E-state index contributed by atoms with van der Waals surface area (Å²) < 4.78 is 39.3.